The molecule has 1 rings (SSSR count). The first kappa shape index (κ1) is 19.4. The number of nitrogens with two attached hydrogens (primary N) is 1. The Balaban J connectivity index is 2.77. The molecule has 7 heteroatoms. The summed E-state index contributed by atoms with van der Waals surface area (Å²) in [6.45, 7) is 8.00. The van der Waals surface area contributed by atoms with E-state index < -0.39 is 30.0 Å². The smallest absolute Gasteiger partial charge is 0.326 e. The molecule has 0 aliphatic carbocycles. The van der Waals surface area contributed by atoms with E-state index in [1.807, 2.05) is 27.7 Å². The molecule has 1 aliphatic heterocycles. The van der Waals surface area contributed by atoms with E-state index >= 15 is 0 Å². The maximum atomic E-state index is 12.4. The molecular weight excluding hydrogens is 298 g/mol. The summed E-state index contributed by atoms with van der Waals surface area (Å²) >= 11 is 0. The lowest BCUT2D eigenvalue weighted by Gasteiger charge is -2.29. The Hall–Kier alpha value is -1.63. The summed E-state index contributed by atoms with van der Waals surface area (Å²) < 4.78 is 0. The van der Waals surface area contributed by atoms with Crippen LogP contribution in [0.1, 0.15) is 47.0 Å². The van der Waals surface area contributed by atoms with Crippen LogP contribution in [-0.2, 0) is 14.4 Å². The predicted octanol–water partition coefficient (Wildman–Crippen LogP) is 0.576. The number of hydrogen-bond donors (Lipinski definition) is 3. The fraction of sp³-hybridized carbons (Fsp3) is 0.812. The highest BCUT2D eigenvalue weighted by Gasteiger charge is 2.38. The van der Waals surface area contributed by atoms with E-state index in [0.29, 0.717) is 19.4 Å². The minimum absolute atomic E-state index is 0.0143. The van der Waals surface area contributed by atoms with E-state index in [0.717, 1.165) is 6.42 Å². The van der Waals surface area contributed by atoms with Crippen molar-refractivity contribution in [3.63, 3.8) is 0 Å². The highest BCUT2D eigenvalue weighted by Crippen LogP contribution is 2.20. The molecule has 0 radical (unpaired) electrons. The Morgan fingerprint density at radius 2 is 1.87 bits per heavy atom. The molecule has 2 amide bonds. The molecule has 132 valence electrons. The van der Waals surface area contributed by atoms with Crippen molar-refractivity contribution < 1.29 is 19.5 Å². The molecule has 0 unspecified atom stereocenters. The van der Waals surface area contributed by atoms with Crippen LogP contribution in [0.3, 0.4) is 0 Å². The molecule has 1 aliphatic rings. The Morgan fingerprint density at radius 3 is 2.35 bits per heavy atom. The number of aliphatic carboxylic acids is 1. The molecule has 0 bridgehead atoms. The molecule has 0 aromatic rings. The van der Waals surface area contributed by atoms with Crippen LogP contribution in [0.15, 0.2) is 0 Å². The van der Waals surface area contributed by atoms with Gasteiger partial charge in [-0.2, -0.15) is 0 Å². The Kier molecular flexibility index (Phi) is 7.00. The maximum Gasteiger partial charge on any atom is 0.326 e. The average molecular weight is 327 g/mol. The number of amides is 2. The number of carbonyl (C=O) groups is 3. The highest BCUT2D eigenvalue weighted by molar-refractivity contribution is 5.92. The normalized spacial score (nSPS) is 20.7. The monoisotopic (exact) mass is 327 g/mol. The molecule has 7 nitrogen and oxygen atoms in total. The predicted molar refractivity (Wildman–Crippen MR) is 86.6 cm³/mol. The molecule has 0 aromatic carbocycles. The van der Waals surface area contributed by atoms with Gasteiger partial charge >= 0.3 is 5.97 Å². The SMILES string of the molecule is CC(C)C[C@@H](NC(=O)[C@@H]1CCCN1C(=O)[C@@H](N)C(C)C)C(=O)O. The topological polar surface area (TPSA) is 113 Å². The van der Waals surface area contributed by atoms with Gasteiger partial charge in [-0.3, -0.25) is 9.59 Å². The molecule has 0 saturated carbocycles. The number of carboxylic acids is 1. The molecule has 0 aromatic heterocycles. The fourth-order valence-electron chi connectivity index (χ4n) is 2.74. The number of carbonyl (C=O) groups excluding carboxylic acids is 2. The van der Waals surface area contributed by atoms with Gasteiger partial charge in [0.05, 0.1) is 6.04 Å². The molecular formula is C16H29N3O4. The van der Waals surface area contributed by atoms with E-state index in [2.05, 4.69) is 5.32 Å². The number of rotatable bonds is 7. The summed E-state index contributed by atoms with van der Waals surface area (Å²) in [5, 5.41) is 11.8. The van der Waals surface area contributed by atoms with Gasteiger partial charge in [0, 0.05) is 6.54 Å². The number of carboxylic acid groups (broad SMARTS) is 1. The average Bonchev–Trinajstić information content (AvgIpc) is 2.93. The summed E-state index contributed by atoms with van der Waals surface area (Å²) in [4.78, 5) is 37.6. The summed E-state index contributed by atoms with van der Waals surface area (Å²) in [5.41, 5.74) is 5.90. The van der Waals surface area contributed by atoms with E-state index in [-0.39, 0.29) is 17.7 Å². The van der Waals surface area contributed by atoms with Crippen molar-refractivity contribution in [2.75, 3.05) is 6.54 Å². The van der Waals surface area contributed by atoms with Gasteiger partial charge in [0.15, 0.2) is 0 Å². The van der Waals surface area contributed by atoms with Crippen molar-refractivity contribution in [1.29, 1.82) is 0 Å². The van der Waals surface area contributed by atoms with Gasteiger partial charge < -0.3 is 21.1 Å². The molecule has 4 N–H and O–H groups in total. The number of likely N-dealkylation sites (tertiary alicyclic amines) is 1. The van der Waals surface area contributed by atoms with Gasteiger partial charge in [0.2, 0.25) is 11.8 Å². The fourth-order valence-corrected chi connectivity index (χ4v) is 2.74. The molecule has 1 heterocycles. The van der Waals surface area contributed by atoms with Gasteiger partial charge in [-0.15, -0.1) is 0 Å². The second-order valence-corrected chi connectivity index (χ2v) is 6.99. The van der Waals surface area contributed by atoms with E-state index in [1.165, 1.54) is 4.90 Å². The minimum atomic E-state index is -1.05. The highest BCUT2D eigenvalue weighted by atomic mass is 16.4. The van der Waals surface area contributed by atoms with Crippen LogP contribution >= 0.6 is 0 Å². The zero-order valence-corrected chi connectivity index (χ0v) is 14.4. The van der Waals surface area contributed by atoms with Crippen LogP contribution in [0.2, 0.25) is 0 Å². The van der Waals surface area contributed by atoms with Gasteiger partial charge in [0.25, 0.3) is 0 Å². The minimum Gasteiger partial charge on any atom is -0.480 e. The zero-order valence-electron chi connectivity index (χ0n) is 14.4. The van der Waals surface area contributed by atoms with Crippen LogP contribution in [0.25, 0.3) is 0 Å². The van der Waals surface area contributed by atoms with Crippen molar-refractivity contribution in [3.8, 4) is 0 Å². The Bertz CT molecular complexity index is 451. The van der Waals surface area contributed by atoms with Crippen molar-refractivity contribution in [2.45, 2.75) is 65.1 Å². The van der Waals surface area contributed by atoms with E-state index in [9.17, 15) is 19.5 Å². The molecule has 3 atom stereocenters. The number of nitrogens with zero attached hydrogens (tertiary/aromatic N) is 1. The third-order valence-corrected chi connectivity index (χ3v) is 4.16. The van der Waals surface area contributed by atoms with Gasteiger partial charge in [-0.25, -0.2) is 4.79 Å². The van der Waals surface area contributed by atoms with Crippen molar-refractivity contribution >= 4 is 17.8 Å². The lowest BCUT2D eigenvalue weighted by atomic mass is 10.0. The molecule has 0 spiro atoms. The Morgan fingerprint density at radius 1 is 1.26 bits per heavy atom. The summed E-state index contributed by atoms with van der Waals surface area (Å²) in [6, 6.07) is -2.20. The number of hydrogen-bond acceptors (Lipinski definition) is 4. The lowest BCUT2D eigenvalue weighted by molar-refractivity contribution is -0.144. The quantitative estimate of drug-likeness (QED) is 0.633. The summed E-state index contributed by atoms with van der Waals surface area (Å²) in [7, 11) is 0. The van der Waals surface area contributed by atoms with E-state index in [1.54, 1.807) is 0 Å². The van der Waals surface area contributed by atoms with E-state index in [4.69, 9.17) is 5.73 Å². The molecule has 1 saturated heterocycles. The van der Waals surface area contributed by atoms with Crippen molar-refractivity contribution in [2.24, 2.45) is 17.6 Å². The van der Waals surface area contributed by atoms with Crippen LogP contribution in [0.5, 0.6) is 0 Å². The van der Waals surface area contributed by atoms with Crippen LogP contribution in [0.4, 0.5) is 0 Å². The summed E-state index contributed by atoms with van der Waals surface area (Å²) in [6.07, 6.45) is 1.61. The van der Waals surface area contributed by atoms with Gasteiger partial charge in [-0.1, -0.05) is 27.7 Å². The lowest BCUT2D eigenvalue weighted by Crippen LogP contribution is -2.54. The first-order valence-electron chi connectivity index (χ1n) is 8.24. The summed E-state index contributed by atoms with van der Waals surface area (Å²) in [5.74, 6) is -1.57. The zero-order chi connectivity index (χ0) is 17.7. The van der Waals surface area contributed by atoms with Crippen LogP contribution in [0, 0.1) is 11.8 Å². The second-order valence-electron chi connectivity index (χ2n) is 6.99. The molecule has 23 heavy (non-hydrogen) atoms. The third-order valence-electron chi connectivity index (χ3n) is 4.16. The Labute approximate surface area is 137 Å². The maximum absolute atomic E-state index is 12.4. The van der Waals surface area contributed by atoms with Crippen molar-refractivity contribution in [3.05, 3.63) is 0 Å². The second kappa shape index (κ2) is 8.29. The van der Waals surface area contributed by atoms with Crippen LogP contribution in [-0.4, -0.2) is 52.5 Å². The largest absolute Gasteiger partial charge is 0.480 e. The van der Waals surface area contributed by atoms with Gasteiger partial charge in [-0.05, 0) is 31.1 Å². The van der Waals surface area contributed by atoms with Crippen LogP contribution < -0.4 is 11.1 Å². The standard InChI is InChI=1S/C16H29N3O4/c1-9(2)8-11(16(22)23)18-14(20)12-6-5-7-19(12)15(21)13(17)10(3)4/h9-13H,5-8,17H2,1-4H3,(H,18,20)(H,22,23)/t11-,12+,13+/m1/s1. The first-order chi connectivity index (χ1) is 10.6. The number of nitrogens with one attached hydrogen (secondary N) is 1. The van der Waals surface area contributed by atoms with Gasteiger partial charge in [0.1, 0.15) is 12.1 Å². The van der Waals surface area contributed by atoms with Crippen molar-refractivity contribution in [1.82, 2.24) is 10.2 Å². The first-order valence-corrected chi connectivity index (χ1v) is 8.24. The third kappa shape index (κ3) is 5.20. The molecule has 1 fully saturated rings.